The third kappa shape index (κ3) is 2.01. The summed E-state index contributed by atoms with van der Waals surface area (Å²) in [6.07, 6.45) is 0. The van der Waals surface area contributed by atoms with E-state index in [9.17, 15) is 0 Å². The van der Waals surface area contributed by atoms with E-state index in [0.717, 1.165) is 10.6 Å². The quantitative estimate of drug-likeness (QED) is 0.639. The van der Waals surface area contributed by atoms with Crippen LogP contribution in [-0.2, 0) is 0 Å². The minimum atomic E-state index is 0.693. The van der Waals surface area contributed by atoms with Crippen LogP contribution in [0, 0.1) is 2.88 Å². The molecule has 1 heterocycles. The lowest BCUT2D eigenvalue weighted by Crippen LogP contribution is -1.91. The van der Waals surface area contributed by atoms with E-state index in [-0.39, 0.29) is 0 Å². The van der Waals surface area contributed by atoms with E-state index < -0.39 is 0 Å². The average molecular weight is 336 g/mol. The van der Waals surface area contributed by atoms with Crippen molar-refractivity contribution >= 4 is 56.6 Å². The van der Waals surface area contributed by atoms with Crippen molar-refractivity contribution in [2.24, 2.45) is 0 Å². The lowest BCUT2D eigenvalue weighted by Gasteiger charge is -2.05. The normalized spacial score (nSPS) is 10.8. The molecule has 0 aliphatic carbocycles. The summed E-state index contributed by atoms with van der Waals surface area (Å²) in [6, 6.07) is 6.20. The van der Waals surface area contributed by atoms with Crippen LogP contribution in [0.5, 0.6) is 5.75 Å². The van der Waals surface area contributed by atoms with Gasteiger partial charge in [0.2, 0.25) is 0 Å². The average Bonchev–Trinajstić information content (AvgIpc) is 2.45. The van der Waals surface area contributed by atoms with E-state index in [1.807, 2.05) is 13.0 Å². The molecule has 0 bridgehead atoms. The number of hydrogen-bond donors (Lipinski definition) is 1. The maximum Gasteiger partial charge on any atom is 0.129 e. The minimum absolute atomic E-state index is 0.693. The number of benzene rings is 1. The van der Waals surface area contributed by atoms with Crippen molar-refractivity contribution in [3.05, 3.63) is 21.1 Å². The standard InChI is InChI=1S/C10H9IOS2/c1-2-12-8-3-6(13)4-9-7(8)5-10(11)14-9/h3-5,13H,2H2,1H3. The van der Waals surface area contributed by atoms with Crippen LogP contribution in [-0.4, -0.2) is 6.61 Å². The van der Waals surface area contributed by atoms with Crippen molar-refractivity contribution in [1.29, 1.82) is 0 Å². The van der Waals surface area contributed by atoms with Crippen LogP contribution in [0.15, 0.2) is 23.1 Å². The highest BCUT2D eigenvalue weighted by atomic mass is 127. The van der Waals surface area contributed by atoms with Crippen molar-refractivity contribution < 1.29 is 4.74 Å². The van der Waals surface area contributed by atoms with Gasteiger partial charge in [0.05, 0.1) is 9.49 Å². The third-order valence-electron chi connectivity index (χ3n) is 1.85. The Balaban J connectivity index is 2.66. The topological polar surface area (TPSA) is 9.23 Å². The maximum atomic E-state index is 5.57. The number of rotatable bonds is 2. The van der Waals surface area contributed by atoms with Gasteiger partial charge in [-0.15, -0.1) is 24.0 Å². The number of fused-ring (bicyclic) bond motifs is 1. The van der Waals surface area contributed by atoms with Gasteiger partial charge >= 0.3 is 0 Å². The Bertz CT molecular complexity index is 464. The molecule has 2 aromatic rings. The number of thiol groups is 1. The maximum absolute atomic E-state index is 5.57. The summed E-state index contributed by atoms with van der Waals surface area (Å²) in [6.45, 7) is 2.69. The van der Waals surface area contributed by atoms with Crippen LogP contribution in [0.25, 0.3) is 10.1 Å². The fraction of sp³-hybridized carbons (Fsp3) is 0.200. The summed E-state index contributed by atoms with van der Waals surface area (Å²) < 4.78 is 8.08. The van der Waals surface area contributed by atoms with Gasteiger partial charge in [0.25, 0.3) is 0 Å². The zero-order valence-electron chi connectivity index (χ0n) is 7.58. The molecule has 0 radical (unpaired) electrons. The van der Waals surface area contributed by atoms with Gasteiger partial charge in [-0.1, -0.05) is 0 Å². The van der Waals surface area contributed by atoms with E-state index >= 15 is 0 Å². The van der Waals surface area contributed by atoms with Crippen LogP contribution in [0.2, 0.25) is 0 Å². The Labute approximate surface area is 106 Å². The number of ether oxygens (including phenoxy) is 1. The first-order valence-corrected chi connectivity index (χ1v) is 6.60. The molecule has 0 aliphatic heterocycles. The lowest BCUT2D eigenvalue weighted by molar-refractivity contribution is 0.343. The van der Waals surface area contributed by atoms with Crippen molar-refractivity contribution in [1.82, 2.24) is 0 Å². The van der Waals surface area contributed by atoms with Gasteiger partial charge in [-0.25, -0.2) is 0 Å². The van der Waals surface area contributed by atoms with Crippen LogP contribution in [0.1, 0.15) is 6.92 Å². The van der Waals surface area contributed by atoms with Crippen LogP contribution in [0.4, 0.5) is 0 Å². The van der Waals surface area contributed by atoms with Gasteiger partial charge in [-0.2, -0.15) is 0 Å². The van der Waals surface area contributed by atoms with E-state index in [4.69, 9.17) is 4.74 Å². The molecule has 0 saturated heterocycles. The Morgan fingerprint density at radius 1 is 1.43 bits per heavy atom. The highest BCUT2D eigenvalue weighted by molar-refractivity contribution is 14.1. The minimum Gasteiger partial charge on any atom is -0.493 e. The van der Waals surface area contributed by atoms with Crippen molar-refractivity contribution in [2.75, 3.05) is 6.61 Å². The molecule has 0 atom stereocenters. The lowest BCUT2D eigenvalue weighted by atomic mass is 10.2. The molecule has 1 aromatic heterocycles. The molecule has 2 rings (SSSR count). The first-order chi connectivity index (χ1) is 6.70. The van der Waals surface area contributed by atoms with Crippen molar-refractivity contribution in [3.63, 3.8) is 0 Å². The molecule has 1 nitrogen and oxygen atoms in total. The van der Waals surface area contributed by atoms with Crippen LogP contribution < -0.4 is 4.74 Å². The SMILES string of the molecule is CCOc1cc(S)cc2sc(I)cc12. The molecule has 0 fully saturated rings. The molecule has 74 valence electrons. The second-order valence-electron chi connectivity index (χ2n) is 2.84. The highest BCUT2D eigenvalue weighted by Crippen LogP contribution is 2.35. The summed E-state index contributed by atoms with van der Waals surface area (Å²) in [4.78, 5) is 0.958. The van der Waals surface area contributed by atoms with Gasteiger partial charge < -0.3 is 4.74 Å². The first kappa shape index (κ1) is 10.6. The monoisotopic (exact) mass is 336 g/mol. The summed E-state index contributed by atoms with van der Waals surface area (Å²) in [5, 5.41) is 1.19. The molecule has 0 N–H and O–H groups in total. The first-order valence-electron chi connectivity index (χ1n) is 4.25. The zero-order valence-corrected chi connectivity index (χ0v) is 11.4. The fourth-order valence-corrected chi connectivity index (χ4v) is 3.54. The van der Waals surface area contributed by atoms with E-state index in [1.165, 1.54) is 13.0 Å². The molecule has 0 spiro atoms. The van der Waals surface area contributed by atoms with Gasteiger partial charge in [0.15, 0.2) is 0 Å². The number of hydrogen-bond acceptors (Lipinski definition) is 3. The summed E-state index contributed by atoms with van der Waals surface area (Å²) in [7, 11) is 0. The van der Waals surface area contributed by atoms with Crippen LogP contribution >= 0.6 is 46.6 Å². The van der Waals surface area contributed by atoms with Gasteiger partial charge in [-0.3, -0.25) is 0 Å². The molecular formula is C10H9IOS2. The Morgan fingerprint density at radius 2 is 2.21 bits per heavy atom. The Hall–Kier alpha value is 0.0600. The second-order valence-corrected chi connectivity index (χ2v) is 6.33. The van der Waals surface area contributed by atoms with Gasteiger partial charge in [0, 0.05) is 15.0 Å². The smallest absolute Gasteiger partial charge is 0.129 e. The Morgan fingerprint density at radius 3 is 2.93 bits per heavy atom. The third-order valence-corrected chi connectivity index (χ3v) is 3.95. The molecule has 0 unspecified atom stereocenters. The predicted octanol–water partition coefficient (Wildman–Crippen LogP) is 4.19. The van der Waals surface area contributed by atoms with Crippen LogP contribution in [0.3, 0.4) is 0 Å². The number of halogens is 1. The molecule has 14 heavy (non-hydrogen) atoms. The van der Waals surface area contributed by atoms with E-state index in [0.29, 0.717) is 6.61 Å². The van der Waals surface area contributed by atoms with Gasteiger partial charge in [-0.05, 0) is 47.7 Å². The summed E-state index contributed by atoms with van der Waals surface area (Å²) in [5.74, 6) is 0.939. The van der Waals surface area contributed by atoms with Gasteiger partial charge in [0.1, 0.15) is 5.75 Å². The molecule has 0 aliphatic rings. The molecule has 0 saturated carbocycles. The predicted molar refractivity (Wildman–Crippen MR) is 73.0 cm³/mol. The zero-order chi connectivity index (χ0) is 10.1. The molecule has 1 aromatic carbocycles. The fourth-order valence-electron chi connectivity index (χ4n) is 1.34. The molecular weight excluding hydrogens is 327 g/mol. The Kier molecular flexibility index (Phi) is 3.23. The highest BCUT2D eigenvalue weighted by Gasteiger charge is 2.06. The van der Waals surface area contributed by atoms with Crippen molar-refractivity contribution in [2.45, 2.75) is 11.8 Å². The van der Waals surface area contributed by atoms with Crippen molar-refractivity contribution in [3.8, 4) is 5.75 Å². The number of thiophene rings is 1. The van der Waals surface area contributed by atoms with E-state index in [1.54, 1.807) is 11.3 Å². The molecule has 0 amide bonds. The molecule has 4 heteroatoms. The largest absolute Gasteiger partial charge is 0.493 e. The second kappa shape index (κ2) is 4.28. The summed E-state index contributed by atoms with van der Waals surface area (Å²) >= 11 is 8.45. The summed E-state index contributed by atoms with van der Waals surface area (Å²) in [5.41, 5.74) is 0. The van der Waals surface area contributed by atoms with E-state index in [2.05, 4.69) is 47.4 Å².